The maximum Gasteiger partial charge on any atom is 0.456 e. The molecule has 9 heteroatoms. The molecular weight excluding hydrogens is 283 g/mol. The van der Waals surface area contributed by atoms with Gasteiger partial charge in [0.15, 0.2) is 6.61 Å². The standard InChI is InChI=1S/C9H9F5N2O.ClH/c10-8(11,9(12,13)14)5-17-7-3-1-6(16-15)2-4-7;/h1-4,16H,5,15H2;1H. The molecule has 3 N–H and O–H groups in total. The largest absolute Gasteiger partial charge is 0.487 e. The molecule has 18 heavy (non-hydrogen) atoms. The van der Waals surface area contributed by atoms with Crippen molar-refractivity contribution in [2.45, 2.75) is 12.1 Å². The Balaban J connectivity index is 0.00000289. The Morgan fingerprint density at radius 3 is 1.94 bits per heavy atom. The fourth-order valence-corrected chi connectivity index (χ4v) is 0.903. The van der Waals surface area contributed by atoms with E-state index in [9.17, 15) is 22.0 Å². The Morgan fingerprint density at radius 2 is 1.56 bits per heavy atom. The van der Waals surface area contributed by atoms with Gasteiger partial charge in [0.1, 0.15) is 5.75 Å². The number of hydrogen-bond acceptors (Lipinski definition) is 3. The molecule has 0 saturated heterocycles. The number of nitrogens with one attached hydrogen (secondary N) is 1. The number of anilines is 1. The van der Waals surface area contributed by atoms with Crippen LogP contribution in [0.25, 0.3) is 0 Å². The molecule has 1 rings (SSSR count). The van der Waals surface area contributed by atoms with Crippen LogP contribution in [-0.4, -0.2) is 18.7 Å². The summed E-state index contributed by atoms with van der Waals surface area (Å²) in [5, 5.41) is 0. The minimum Gasteiger partial charge on any atom is -0.487 e. The molecule has 0 aromatic heterocycles. The van der Waals surface area contributed by atoms with Crippen molar-refractivity contribution in [3.8, 4) is 5.75 Å². The summed E-state index contributed by atoms with van der Waals surface area (Å²) in [6.07, 6.45) is -5.62. The topological polar surface area (TPSA) is 47.3 Å². The van der Waals surface area contributed by atoms with Crippen molar-refractivity contribution in [2.75, 3.05) is 12.0 Å². The quantitative estimate of drug-likeness (QED) is 0.509. The summed E-state index contributed by atoms with van der Waals surface area (Å²) >= 11 is 0. The minimum absolute atomic E-state index is 0. The Hall–Kier alpha value is -1.28. The van der Waals surface area contributed by atoms with Crippen LogP contribution in [0.1, 0.15) is 0 Å². The van der Waals surface area contributed by atoms with Gasteiger partial charge in [0.2, 0.25) is 0 Å². The summed E-state index contributed by atoms with van der Waals surface area (Å²) in [4.78, 5) is 0. The molecule has 3 nitrogen and oxygen atoms in total. The summed E-state index contributed by atoms with van der Waals surface area (Å²) in [5.74, 6) is 0.0597. The van der Waals surface area contributed by atoms with Crippen LogP contribution in [0.4, 0.5) is 27.6 Å². The first-order chi connectivity index (χ1) is 7.76. The molecule has 1 aromatic carbocycles. The number of alkyl halides is 5. The molecule has 0 heterocycles. The highest BCUT2D eigenvalue weighted by atomic mass is 35.5. The van der Waals surface area contributed by atoms with E-state index in [1.807, 2.05) is 0 Å². The average Bonchev–Trinajstić information content (AvgIpc) is 2.25. The number of ether oxygens (including phenoxy) is 1. The van der Waals surface area contributed by atoms with Crippen LogP contribution in [0.15, 0.2) is 24.3 Å². The van der Waals surface area contributed by atoms with Gasteiger partial charge in [-0.2, -0.15) is 22.0 Å². The van der Waals surface area contributed by atoms with Crippen molar-refractivity contribution in [1.29, 1.82) is 0 Å². The van der Waals surface area contributed by atoms with Crippen molar-refractivity contribution >= 4 is 18.1 Å². The summed E-state index contributed by atoms with van der Waals surface area (Å²) in [6.45, 7) is -1.76. The summed E-state index contributed by atoms with van der Waals surface area (Å²) in [5.41, 5.74) is 2.74. The van der Waals surface area contributed by atoms with Crippen molar-refractivity contribution in [2.24, 2.45) is 5.84 Å². The van der Waals surface area contributed by atoms with Crippen molar-refractivity contribution in [1.82, 2.24) is 0 Å². The molecule has 0 aliphatic rings. The van der Waals surface area contributed by atoms with Crippen molar-refractivity contribution in [3.63, 3.8) is 0 Å². The second kappa shape index (κ2) is 6.05. The predicted molar refractivity (Wildman–Crippen MR) is 58.0 cm³/mol. The van der Waals surface area contributed by atoms with Crippen LogP contribution < -0.4 is 16.0 Å². The van der Waals surface area contributed by atoms with Crippen LogP contribution in [0.5, 0.6) is 5.75 Å². The highest BCUT2D eigenvalue weighted by Gasteiger charge is 2.58. The highest BCUT2D eigenvalue weighted by molar-refractivity contribution is 5.85. The molecule has 0 spiro atoms. The molecule has 0 saturated carbocycles. The molecule has 1 aromatic rings. The molecular formula is C9H10ClF5N2O. The maximum absolute atomic E-state index is 12.5. The first kappa shape index (κ1) is 16.7. The third-order valence-electron chi connectivity index (χ3n) is 1.86. The number of nitrogen functional groups attached to an aromatic ring is 1. The number of rotatable bonds is 4. The highest BCUT2D eigenvalue weighted by Crippen LogP contribution is 2.35. The molecule has 0 bridgehead atoms. The molecule has 0 fully saturated rings. The average molecular weight is 293 g/mol. The monoisotopic (exact) mass is 292 g/mol. The SMILES string of the molecule is Cl.NNc1ccc(OCC(F)(F)C(F)(F)F)cc1. The molecule has 0 aliphatic carbocycles. The fourth-order valence-electron chi connectivity index (χ4n) is 0.903. The fraction of sp³-hybridized carbons (Fsp3) is 0.333. The van der Waals surface area contributed by atoms with E-state index < -0.39 is 18.7 Å². The van der Waals surface area contributed by atoms with E-state index >= 15 is 0 Å². The Bertz CT molecular complexity index is 368. The van der Waals surface area contributed by atoms with E-state index in [4.69, 9.17) is 5.84 Å². The van der Waals surface area contributed by atoms with Gasteiger partial charge >= 0.3 is 12.1 Å². The third kappa shape index (κ3) is 4.19. The van der Waals surface area contributed by atoms with E-state index in [2.05, 4.69) is 10.2 Å². The Kier molecular flexibility index (Phi) is 5.62. The number of halogens is 6. The van der Waals surface area contributed by atoms with Crippen molar-refractivity contribution in [3.05, 3.63) is 24.3 Å². The van der Waals surface area contributed by atoms with E-state index in [0.717, 1.165) is 0 Å². The maximum atomic E-state index is 12.5. The van der Waals surface area contributed by atoms with Gasteiger partial charge in [-0.1, -0.05) is 0 Å². The Labute approximate surface area is 105 Å². The lowest BCUT2D eigenvalue weighted by Gasteiger charge is -2.19. The van der Waals surface area contributed by atoms with Crippen LogP contribution in [0.2, 0.25) is 0 Å². The van der Waals surface area contributed by atoms with Gasteiger partial charge in [-0.25, -0.2) is 0 Å². The molecule has 104 valence electrons. The lowest BCUT2D eigenvalue weighted by Crippen LogP contribution is -2.41. The zero-order valence-corrected chi connectivity index (χ0v) is 9.62. The van der Waals surface area contributed by atoms with Crippen LogP contribution in [0.3, 0.4) is 0 Å². The van der Waals surface area contributed by atoms with Gasteiger partial charge < -0.3 is 10.2 Å². The first-order valence-corrected chi connectivity index (χ1v) is 4.40. The van der Waals surface area contributed by atoms with E-state index in [1.54, 1.807) is 0 Å². The first-order valence-electron chi connectivity index (χ1n) is 4.40. The zero-order valence-electron chi connectivity index (χ0n) is 8.80. The smallest absolute Gasteiger partial charge is 0.456 e. The van der Waals surface area contributed by atoms with Gasteiger partial charge in [-0.15, -0.1) is 12.4 Å². The van der Waals surface area contributed by atoms with Gasteiger partial charge in [0, 0.05) is 5.69 Å². The van der Waals surface area contributed by atoms with Gasteiger partial charge in [-0.3, -0.25) is 5.84 Å². The van der Waals surface area contributed by atoms with E-state index in [0.29, 0.717) is 5.69 Å². The zero-order chi connectivity index (χ0) is 13.1. The third-order valence-corrected chi connectivity index (χ3v) is 1.86. The Morgan fingerprint density at radius 1 is 1.06 bits per heavy atom. The minimum atomic E-state index is -5.62. The second-order valence-corrected chi connectivity index (χ2v) is 3.16. The summed E-state index contributed by atoms with van der Waals surface area (Å²) in [6, 6.07) is 5.20. The number of hydrogen-bond donors (Lipinski definition) is 2. The van der Waals surface area contributed by atoms with Gasteiger partial charge in [0.05, 0.1) is 0 Å². The van der Waals surface area contributed by atoms with Gasteiger partial charge in [0.25, 0.3) is 0 Å². The number of benzene rings is 1. The second-order valence-electron chi connectivity index (χ2n) is 3.16. The van der Waals surface area contributed by atoms with E-state index in [-0.39, 0.29) is 18.2 Å². The summed E-state index contributed by atoms with van der Waals surface area (Å²) < 4.78 is 64.7. The van der Waals surface area contributed by atoms with Crippen molar-refractivity contribution < 1.29 is 26.7 Å². The van der Waals surface area contributed by atoms with E-state index in [1.165, 1.54) is 24.3 Å². The molecule has 0 amide bonds. The van der Waals surface area contributed by atoms with Crippen LogP contribution in [0, 0.1) is 0 Å². The molecule has 0 aliphatic heterocycles. The predicted octanol–water partition coefficient (Wildman–Crippen LogP) is 2.97. The summed E-state index contributed by atoms with van der Waals surface area (Å²) in [7, 11) is 0. The number of hydrazine groups is 1. The lowest BCUT2D eigenvalue weighted by atomic mass is 10.3. The molecule has 0 radical (unpaired) electrons. The lowest BCUT2D eigenvalue weighted by molar-refractivity contribution is -0.290. The molecule has 0 atom stereocenters. The van der Waals surface area contributed by atoms with Crippen LogP contribution >= 0.6 is 12.4 Å². The number of nitrogens with two attached hydrogens (primary N) is 1. The normalized spacial score (nSPS) is 11.7. The molecule has 0 unspecified atom stereocenters. The van der Waals surface area contributed by atoms with Crippen LogP contribution in [-0.2, 0) is 0 Å². The van der Waals surface area contributed by atoms with Gasteiger partial charge in [-0.05, 0) is 24.3 Å².